The van der Waals surface area contributed by atoms with Crippen molar-refractivity contribution in [2.24, 2.45) is 0 Å². The number of halogens is 2. The minimum Gasteiger partial charge on any atom is -0.368 e. The SMILES string of the molecule is Nc1nc(Cl)cc(-n2cc(I)cn2)n1. The molecular weight excluding hydrogens is 316 g/mol. The smallest absolute Gasteiger partial charge is 0.223 e. The average Bonchev–Trinajstić information content (AvgIpc) is 2.50. The Morgan fingerprint density at radius 2 is 2.21 bits per heavy atom. The van der Waals surface area contributed by atoms with Crippen LogP contribution in [0.4, 0.5) is 5.95 Å². The number of nitrogens with zero attached hydrogens (tertiary/aromatic N) is 4. The van der Waals surface area contributed by atoms with Gasteiger partial charge in [0, 0.05) is 12.3 Å². The third kappa shape index (κ3) is 1.95. The third-order valence-corrected chi connectivity index (χ3v) is 2.24. The molecular formula is C7H5ClIN5. The maximum atomic E-state index is 5.73. The van der Waals surface area contributed by atoms with E-state index in [1.165, 1.54) is 0 Å². The lowest BCUT2D eigenvalue weighted by atomic mass is 10.6. The van der Waals surface area contributed by atoms with Crippen molar-refractivity contribution in [1.29, 1.82) is 0 Å². The minimum atomic E-state index is 0.137. The molecule has 14 heavy (non-hydrogen) atoms. The van der Waals surface area contributed by atoms with Crippen LogP contribution in [-0.4, -0.2) is 19.7 Å². The number of nitrogens with two attached hydrogens (primary N) is 1. The van der Waals surface area contributed by atoms with E-state index in [9.17, 15) is 0 Å². The lowest BCUT2D eigenvalue weighted by Gasteiger charge is -2.00. The van der Waals surface area contributed by atoms with Crippen LogP contribution in [0, 0.1) is 3.57 Å². The van der Waals surface area contributed by atoms with Gasteiger partial charge in [0.2, 0.25) is 5.95 Å². The number of hydrogen-bond donors (Lipinski definition) is 1. The summed E-state index contributed by atoms with van der Waals surface area (Å²) < 4.78 is 2.60. The lowest BCUT2D eigenvalue weighted by molar-refractivity contribution is 0.842. The minimum absolute atomic E-state index is 0.137. The first kappa shape index (κ1) is 9.66. The molecule has 2 aromatic rings. The summed E-state index contributed by atoms with van der Waals surface area (Å²) in [7, 11) is 0. The van der Waals surface area contributed by atoms with Gasteiger partial charge >= 0.3 is 0 Å². The van der Waals surface area contributed by atoms with E-state index in [4.69, 9.17) is 17.3 Å². The van der Waals surface area contributed by atoms with E-state index in [2.05, 4.69) is 37.7 Å². The first-order valence-electron chi connectivity index (χ1n) is 3.66. The van der Waals surface area contributed by atoms with Crippen molar-refractivity contribution in [3.05, 3.63) is 27.2 Å². The van der Waals surface area contributed by atoms with Crippen molar-refractivity contribution >= 4 is 40.1 Å². The molecule has 2 rings (SSSR count). The third-order valence-electron chi connectivity index (χ3n) is 1.48. The van der Waals surface area contributed by atoms with E-state index >= 15 is 0 Å². The van der Waals surface area contributed by atoms with Crippen molar-refractivity contribution < 1.29 is 0 Å². The Bertz CT molecular complexity index is 449. The zero-order valence-corrected chi connectivity index (χ0v) is 9.77. The molecule has 0 bridgehead atoms. The van der Waals surface area contributed by atoms with Crippen LogP contribution in [0.5, 0.6) is 0 Å². The molecule has 7 heteroatoms. The number of aromatic nitrogens is 4. The van der Waals surface area contributed by atoms with E-state index in [1.54, 1.807) is 16.9 Å². The van der Waals surface area contributed by atoms with Crippen molar-refractivity contribution in [2.45, 2.75) is 0 Å². The highest BCUT2D eigenvalue weighted by Crippen LogP contribution is 2.12. The van der Waals surface area contributed by atoms with Gasteiger partial charge in [-0.3, -0.25) is 0 Å². The molecule has 72 valence electrons. The fraction of sp³-hybridized carbons (Fsp3) is 0. The predicted octanol–water partition coefficient (Wildman–Crippen LogP) is 1.50. The quantitative estimate of drug-likeness (QED) is 0.638. The van der Waals surface area contributed by atoms with Crippen LogP contribution >= 0.6 is 34.2 Å². The molecule has 2 heterocycles. The van der Waals surface area contributed by atoms with Crippen LogP contribution in [-0.2, 0) is 0 Å². The van der Waals surface area contributed by atoms with Gasteiger partial charge in [-0.2, -0.15) is 10.1 Å². The second kappa shape index (κ2) is 3.70. The van der Waals surface area contributed by atoms with Gasteiger partial charge in [0.25, 0.3) is 0 Å². The van der Waals surface area contributed by atoms with Gasteiger partial charge in [0.15, 0.2) is 5.82 Å². The second-order valence-corrected chi connectivity index (χ2v) is 4.14. The molecule has 0 spiro atoms. The fourth-order valence-electron chi connectivity index (χ4n) is 0.966. The van der Waals surface area contributed by atoms with Crippen LogP contribution in [0.25, 0.3) is 5.82 Å². The maximum absolute atomic E-state index is 5.73. The van der Waals surface area contributed by atoms with Crippen molar-refractivity contribution in [1.82, 2.24) is 19.7 Å². The van der Waals surface area contributed by atoms with Gasteiger partial charge in [-0.05, 0) is 22.6 Å². The summed E-state index contributed by atoms with van der Waals surface area (Å²) in [6.07, 6.45) is 3.53. The highest BCUT2D eigenvalue weighted by atomic mass is 127. The number of nitrogen functional groups attached to an aromatic ring is 1. The largest absolute Gasteiger partial charge is 0.368 e. The van der Waals surface area contributed by atoms with E-state index in [0.717, 1.165) is 3.57 Å². The summed E-state index contributed by atoms with van der Waals surface area (Å²) in [6, 6.07) is 1.60. The molecule has 2 aromatic heterocycles. The zero-order valence-electron chi connectivity index (χ0n) is 6.85. The Labute approximate surface area is 98.4 Å². The average molecular weight is 322 g/mol. The molecule has 0 fully saturated rings. The number of anilines is 1. The lowest BCUT2D eigenvalue weighted by Crippen LogP contribution is -2.02. The van der Waals surface area contributed by atoms with Crippen LogP contribution in [0.2, 0.25) is 5.15 Å². The summed E-state index contributed by atoms with van der Waals surface area (Å²) in [6.45, 7) is 0. The topological polar surface area (TPSA) is 69.6 Å². The van der Waals surface area contributed by atoms with Gasteiger partial charge in [0.1, 0.15) is 5.15 Å². The van der Waals surface area contributed by atoms with Gasteiger partial charge in [-0.25, -0.2) is 9.67 Å². The van der Waals surface area contributed by atoms with E-state index in [1.807, 2.05) is 6.20 Å². The standard InChI is InChI=1S/C7H5ClIN5/c8-5-1-6(13-7(10)12-5)14-3-4(9)2-11-14/h1-3H,(H2,10,12,13). The van der Waals surface area contributed by atoms with E-state index in [-0.39, 0.29) is 5.95 Å². The highest BCUT2D eigenvalue weighted by Gasteiger charge is 2.03. The first-order valence-corrected chi connectivity index (χ1v) is 5.11. The van der Waals surface area contributed by atoms with E-state index in [0.29, 0.717) is 11.0 Å². The van der Waals surface area contributed by atoms with Gasteiger partial charge in [-0.15, -0.1) is 0 Å². The van der Waals surface area contributed by atoms with Gasteiger partial charge in [0.05, 0.1) is 9.77 Å². The zero-order chi connectivity index (χ0) is 10.1. The molecule has 0 aromatic carbocycles. The molecule has 0 aliphatic rings. The van der Waals surface area contributed by atoms with Gasteiger partial charge in [-0.1, -0.05) is 11.6 Å². The Kier molecular flexibility index (Phi) is 2.55. The molecule has 0 saturated heterocycles. The summed E-state index contributed by atoms with van der Waals surface area (Å²) in [5.74, 6) is 0.698. The predicted molar refractivity (Wildman–Crippen MR) is 61.3 cm³/mol. The van der Waals surface area contributed by atoms with Crippen LogP contribution < -0.4 is 5.73 Å². The Morgan fingerprint density at radius 1 is 1.43 bits per heavy atom. The van der Waals surface area contributed by atoms with Crippen LogP contribution in [0.15, 0.2) is 18.5 Å². The van der Waals surface area contributed by atoms with Crippen molar-refractivity contribution in [3.8, 4) is 5.82 Å². The molecule has 0 aliphatic carbocycles. The Balaban J connectivity index is 2.51. The van der Waals surface area contributed by atoms with Crippen molar-refractivity contribution in [3.63, 3.8) is 0 Å². The monoisotopic (exact) mass is 321 g/mol. The van der Waals surface area contributed by atoms with E-state index < -0.39 is 0 Å². The molecule has 0 atom stereocenters. The summed E-state index contributed by atoms with van der Waals surface area (Å²) >= 11 is 7.89. The second-order valence-electron chi connectivity index (χ2n) is 2.51. The number of hydrogen-bond acceptors (Lipinski definition) is 4. The van der Waals surface area contributed by atoms with Crippen LogP contribution in [0.3, 0.4) is 0 Å². The highest BCUT2D eigenvalue weighted by molar-refractivity contribution is 14.1. The molecule has 0 amide bonds. The summed E-state index contributed by atoms with van der Waals surface area (Å²) in [4.78, 5) is 7.75. The van der Waals surface area contributed by atoms with Crippen LogP contribution in [0.1, 0.15) is 0 Å². The molecule has 0 unspecified atom stereocenters. The Hall–Kier alpha value is -0.890. The molecule has 0 radical (unpaired) electrons. The maximum Gasteiger partial charge on any atom is 0.223 e. The van der Waals surface area contributed by atoms with Crippen molar-refractivity contribution in [2.75, 3.05) is 5.73 Å². The molecule has 2 N–H and O–H groups in total. The molecule has 0 aliphatic heterocycles. The molecule has 5 nitrogen and oxygen atoms in total. The summed E-state index contributed by atoms with van der Waals surface area (Å²) in [5.41, 5.74) is 5.45. The first-order chi connectivity index (χ1) is 6.65. The number of rotatable bonds is 1. The normalized spacial score (nSPS) is 10.4. The molecule has 0 saturated carbocycles. The fourth-order valence-corrected chi connectivity index (χ4v) is 1.54. The Morgan fingerprint density at radius 3 is 2.79 bits per heavy atom. The van der Waals surface area contributed by atoms with Gasteiger partial charge < -0.3 is 5.73 Å². The summed E-state index contributed by atoms with van der Waals surface area (Å²) in [5, 5.41) is 4.38.